The Kier molecular flexibility index (Phi) is 4.21. The van der Waals surface area contributed by atoms with E-state index in [9.17, 15) is 16.8 Å². The molecular formula is C13H20N4O4S2. The molecule has 0 aromatic carbocycles. The Balaban J connectivity index is 1.70. The first-order valence-corrected chi connectivity index (χ1v) is 11.1. The third-order valence-electron chi connectivity index (χ3n) is 4.32. The number of hydrogen-bond donors (Lipinski definition) is 1. The lowest BCUT2D eigenvalue weighted by atomic mass is 10.2. The Bertz CT molecular complexity index is 794. The number of nitrogens with one attached hydrogen (secondary N) is 1. The van der Waals surface area contributed by atoms with Crippen molar-refractivity contribution in [1.82, 2.24) is 9.97 Å². The number of anilines is 2. The fourth-order valence-corrected chi connectivity index (χ4v) is 6.42. The van der Waals surface area contributed by atoms with Gasteiger partial charge in [-0.25, -0.2) is 21.8 Å². The minimum atomic E-state index is -2.96. The van der Waals surface area contributed by atoms with E-state index in [2.05, 4.69) is 15.3 Å². The Morgan fingerprint density at radius 2 is 1.83 bits per heavy atom. The summed E-state index contributed by atoms with van der Waals surface area (Å²) in [5.41, 5.74) is 0. The number of sulfone groups is 2. The third kappa shape index (κ3) is 3.92. The minimum absolute atomic E-state index is 0.0883. The summed E-state index contributed by atoms with van der Waals surface area (Å²) in [5, 5.41) is 3.05. The summed E-state index contributed by atoms with van der Waals surface area (Å²) in [7, 11) is -4.10. The number of aromatic nitrogens is 2. The summed E-state index contributed by atoms with van der Waals surface area (Å²) in [6, 6.07) is 1.46. The molecule has 1 aromatic rings. The van der Waals surface area contributed by atoms with Crippen LogP contribution in [0, 0.1) is 0 Å². The van der Waals surface area contributed by atoms with Gasteiger partial charge < -0.3 is 10.2 Å². The molecule has 128 valence electrons. The van der Waals surface area contributed by atoms with Gasteiger partial charge >= 0.3 is 0 Å². The molecule has 0 amide bonds. The fourth-order valence-electron chi connectivity index (χ4n) is 2.97. The average Bonchev–Trinajstić information content (AvgIpc) is 3.00. The van der Waals surface area contributed by atoms with Gasteiger partial charge in [0.05, 0.1) is 23.0 Å². The van der Waals surface area contributed by atoms with Gasteiger partial charge in [-0.05, 0) is 18.9 Å². The van der Waals surface area contributed by atoms with Gasteiger partial charge in [-0.2, -0.15) is 4.98 Å². The van der Waals surface area contributed by atoms with Crippen molar-refractivity contribution in [1.29, 1.82) is 0 Å². The first-order valence-electron chi connectivity index (χ1n) is 7.47. The van der Waals surface area contributed by atoms with E-state index in [1.54, 1.807) is 12.3 Å². The van der Waals surface area contributed by atoms with E-state index >= 15 is 0 Å². The van der Waals surface area contributed by atoms with Gasteiger partial charge in [-0.1, -0.05) is 0 Å². The van der Waals surface area contributed by atoms with Gasteiger partial charge in [0.2, 0.25) is 5.95 Å². The second-order valence-corrected chi connectivity index (χ2v) is 10.6. The van der Waals surface area contributed by atoms with Crippen LogP contribution in [0.5, 0.6) is 0 Å². The smallest absolute Gasteiger partial charge is 0.224 e. The first-order chi connectivity index (χ1) is 10.7. The van der Waals surface area contributed by atoms with Crippen LogP contribution in [0.4, 0.5) is 11.8 Å². The Hall–Kier alpha value is -1.42. The van der Waals surface area contributed by atoms with Crippen molar-refractivity contribution < 1.29 is 16.8 Å². The van der Waals surface area contributed by atoms with Crippen LogP contribution in [0.2, 0.25) is 0 Å². The molecule has 0 radical (unpaired) electrons. The number of hydrogen-bond acceptors (Lipinski definition) is 8. The van der Waals surface area contributed by atoms with E-state index in [1.807, 2.05) is 11.9 Å². The Labute approximate surface area is 136 Å². The van der Waals surface area contributed by atoms with E-state index in [4.69, 9.17) is 0 Å². The van der Waals surface area contributed by atoms with Gasteiger partial charge in [0.25, 0.3) is 0 Å². The molecule has 2 aliphatic rings. The Morgan fingerprint density at radius 1 is 1.13 bits per heavy atom. The highest BCUT2D eigenvalue weighted by atomic mass is 32.2. The highest BCUT2D eigenvalue weighted by Crippen LogP contribution is 2.22. The summed E-state index contributed by atoms with van der Waals surface area (Å²) >= 11 is 0. The quantitative estimate of drug-likeness (QED) is 0.779. The first kappa shape index (κ1) is 16.4. The van der Waals surface area contributed by atoms with Gasteiger partial charge in [0.1, 0.15) is 5.82 Å². The molecule has 0 aliphatic carbocycles. The topological polar surface area (TPSA) is 109 Å². The Morgan fingerprint density at radius 3 is 2.43 bits per heavy atom. The molecule has 3 rings (SSSR count). The van der Waals surface area contributed by atoms with Gasteiger partial charge in [-0.15, -0.1) is 0 Å². The molecule has 10 heteroatoms. The zero-order valence-electron chi connectivity index (χ0n) is 12.8. The van der Waals surface area contributed by atoms with E-state index in [0.29, 0.717) is 24.6 Å². The van der Waals surface area contributed by atoms with Crippen molar-refractivity contribution >= 4 is 31.4 Å². The number of nitrogens with zero attached hydrogens (tertiary/aromatic N) is 3. The lowest BCUT2D eigenvalue weighted by Crippen LogP contribution is -2.33. The summed E-state index contributed by atoms with van der Waals surface area (Å²) in [5.74, 6) is 1.62. The molecule has 0 spiro atoms. The molecule has 2 fully saturated rings. The van der Waals surface area contributed by atoms with Crippen LogP contribution in [0.25, 0.3) is 0 Å². The molecule has 23 heavy (non-hydrogen) atoms. The monoisotopic (exact) mass is 360 g/mol. The SMILES string of the molecule is CN(c1ccnc(NC2CCS(=O)(=O)C2)n1)C1CCS(=O)(=O)C1. The van der Waals surface area contributed by atoms with Crippen molar-refractivity contribution in [3.8, 4) is 0 Å². The minimum Gasteiger partial charge on any atom is -0.355 e. The van der Waals surface area contributed by atoms with Crippen LogP contribution < -0.4 is 10.2 Å². The normalized spacial score (nSPS) is 28.6. The lowest BCUT2D eigenvalue weighted by Gasteiger charge is -2.24. The van der Waals surface area contributed by atoms with E-state index in [0.717, 1.165) is 0 Å². The summed E-state index contributed by atoms with van der Waals surface area (Å²) in [6.45, 7) is 0. The van der Waals surface area contributed by atoms with Gasteiger partial charge in [0.15, 0.2) is 19.7 Å². The van der Waals surface area contributed by atoms with Crippen molar-refractivity contribution in [2.75, 3.05) is 40.3 Å². The van der Waals surface area contributed by atoms with Crippen molar-refractivity contribution in [2.24, 2.45) is 0 Å². The number of rotatable bonds is 4. The maximum Gasteiger partial charge on any atom is 0.224 e. The predicted octanol–water partition coefficient (Wildman–Crippen LogP) is -0.301. The maximum absolute atomic E-state index is 11.6. The second kappa shape index (κ2) is 5.90. The predicted molar refractivity (Wildman–Crippen MR) is 88.2 cm³/mol. The largest absolute Gasteiger partial charge is 0.355 e. The summed E-state index contributed by atoms with van der Waals surface area (Å²) in [4.78, 5) is 10.4. The van der Waals surface area contributed by atoms with Crippen molar-refractivity contribution in [3.05, 3.63) is 12.3 Å². The van der Waals surface area contributed by atoms with E-state index < -0.39 is 19.7 Å². The molecule has 3 heterocycles. The maximum atomic E-state index is 11.6. The second-order valence-electron chi connectivity index (χ2n) is 6.15. The zero-order chi connectivity index (χ0) is 16.7. The van der Waals surface area contributed by atoms with Gasteiger partial charge in [0, 0.05) is 25.3 Å². The van der Waals surface area contributed by atoms with Crippen LogP contribution in [0.1, 0.15) is 12.8 Å². The van der Waals surface area contributed by atoms with Crippen molar-refractivity contribution in [3.63, 3.8) is 0 Å². The molecule has 2 atom stereocenters. The van der Waals surface area contributed by atoms with Crippen LogP contribution >= 0.6 is 0 Å². The van der Waals surface area contributed by atoms with Crippen LogP contribution in [-0.4, -0.2) is 68.9 Å². The zero-order valence-corrected chi connectivity index (χ0v) is 14.5. The molecule has 2 saturated heterocycles. The highest BCUT2D eigenvalue weighted by molar-refractivity contribution is 7.91. The fraction of sp³-hybridized carbons (Fsp3) is 0.692. The van der Waals surface area contributed by atoms with Crippen LogP contribution in [-0.2, 0) is 19.7 Å². The summed E-state index contributed by atoms with van der Waals surface area (Å²) < 4.78 is 46.2. The molecule has 1 N–H and O–H groups in total. The van der Waals surface area contributed by atoms with Crippen LogP contribution in [0.15, 0.2) is 12.3 Å². The van der Waals surface area contributed by atoms with Crippen molar-refractivity contribution in [2.45, 2.75) is 24.9 Å². The van der Waals surface area contributed by atoms with Crippen LogP contribution in [0.3, 0.4) is 0 Å². The molecule has 8 nitrogen and oxygen atoms in total. The van der Waals surface area contributed by atoms with E-state index in [-0.39, 0.29) is 35.1 Å². The molecule has 2 unspecified atom stereocenters. The van der Waals surface area contributed by atoms with E-state index in [1.165, 1.54) is 0 Å². The molecule has 1 aromatic heterocycles. The average molecular weight is 360 g/mol. The highest BCUT2D eigenvalue weighted by Gasteiger charge is 2.32. The van der Waals surface area contributed by atoms with Gasteiger partial charge in [-0.3, -0.25) is 0 Å². The third-order valence-corrected chi connectivity index (χ3v) is 7.84. The standard InChI is InChI=1S/C13H20N4O4S2/c1-17(11-4-7-23(20,21)9-11)12-2-5-14-13(16-12)15-10-3-6-22(18,19)8-10/h2,5,10-11H,3-4,6-9H2,1H3,(H,14,15,16). The molecule has 0 bridgehead atoms. The lowest BCUT2D eigenvalue weighted by molar-refractivity contribution is 0.599. The molecular weight excluding hydrogens is 340 g/mol. The molecule has 0 saturated carbocycles. The summed E-state index contributed by atoms with van der Waals surface area (Å²) in [6.07, 6.45) is 2.73. The molecule has 2 aliphatic heterocycles.